The lowest BCUT2D eigenvalue weighted by molar-refractivity contribution is 0.0935. The normalized spacial score (nSPS) is 18.7. The van der Waals surface area contributed by atoms with Crippen molar-refractivity contribution in [3.63, 3.8) is 0 Å². The van der Waals surface area contributed by atoms with E-state index in [0.717, 1.165) is 12.1 Å². The van der Waals surface area contributed by atoms with Crippen LogP contribution in [-0.4, -0.2) is 42.1 Å². The van der Waals surface area contributed by atoms with Crippen molar-refractivity contribution in [2.24, 2.45) is 0 Å². The Morgan fingerprint density at radius 1 is 1.16 bits per heavy atom. The number of halogens is 2. The lowest BCUT2D eigenvalue weighted by Gasteiger charge is -2.10. The van der Waals surface area contributed by atoms with Gasteiger partial charge in [0.05, 0.1) is 17.2 Å². The summed E-state index contributed by atoms with van der Waals surface area (Å²) in [5.74, 6) is -1.88. The molecule has 0 aliphatic carbocycles. The smallest absolute Gasteiger partial charge is 0.272 e. The molecular formula is C15H14F2N4O3S. The Balaban J connectivity index is 1.64. The van der Waals surface area contributed by atoms with E-state index in [2.05, 4.69) is 20.8 Å². The SMILES string of the molecule is O=C(NC1CCS(=O)(=O)C1)c1ccc(Nc2ccc(F)cc2F)nn1. The van der Waals surface area contributed by atoms with Crippen LogP contribution in [-0.2, 0) is 9.84 Å². The molecule has 1 unspecified atom stereocenters. The summed E-state index contributed by atoms with van der Waals surface area (Å²) < 4.78 is 49.2. The van der Waals surface area contributed by atoms with Crippen molar-refractivity contribution in [1.82, 2.24) is 15.5 Å². The van der Waals surface area contributed by atoms with Gasteiger partial charge in [-0.2, -0.15) is 0 Å². The first-order valence-electron chi connectivity index (χ1n) is 7.39. The fraction of sp³-hybridized carbons (Fsp3) is 0.267. The molecule has 1 aromatic heterocycles. The Hall–Kier alpha value is -2.62. The lowest BCUT2D eigenvalue weighted by atomic mass is 10.2. The first-order valence-corrected chi connectivity index (χ1v) is 9.22. The molecule has 1 fully saturated rings. The molecular weight excluding hydrogens is 354 g/mol. The van der Waals surface area contributed by atoms with Gasteiger partial charge in [0.1, 0.15) is 11.6 Å². The van der Waals surface area contributed by atoms with E-state index in [9.17, 15) is 22.0 Å². The minimum atomic E-state index is -3.09. The van der Waals surface area contributed by atoms with Crippen LogP contribution in [0.25, 0.3) is 0 Å². The summed E-state index contributed by atoms with van der Waals surface area (Å²) >= 11 is 0. The number of hydrogen-bond donors (Lipinski definition) is 2. The number of nitrogens with one attached hydrogen (secondary N) is 2. The van der Waals surface area contributed by atoms with Crippen LogP contribution in [0.5, 0.6) is 0 Å². The Kier molecular flexibility index (Phi) is 4.62. The first kappa shape index (κ1) is 17.2. The molecule has 1 aliphatic rings. The third-order valence-electron chi connectivity index (χ3n) is 3.66. The van der Waals surface area contributed by atoms with Crippen molar-refractivity contribution < 1.29 is 22.0 Å². The molecule has 1 saturated heterocycles. The van der Waals surface area contributed by atoms with E-state index in [-0.39, 0.29) is 28.7 Å². The number of hydrogen-bond acceptors (Lipinski definition) is 6. The second-order valence-electron chi connectivity index (χ2n) is 5.63. The molecule has 0 spiro atoms. The van der Waals surface area contributed by atoms with Gasteiger partial charge in [0.2, 0.25) is 0 Å². The molecule has 10 heteroatoms. The van der Waals surface area contributed by atoms with Crippen molar-refractivity contribution in [2.45, 2.75) is 12.5 Å². The minimum Gasteiger partial charge on any atom is -0.347 e. The van der Waals surface area contributed by atoms with Crippen LogP contribution < -0.4 is 10.6 Å². The number of rotatable bonds is 4. The maximum absolute atomic E-state index is 13.6. The predicted octanol–water partition coefficient (Wildman–Crippen LogP) is 1.42. The van der Waals surface area contributed by atoms with Crippen LogP contribution in [0.1, 0.15) is 16.9 Å². The van der Waals surface area contributed by atoms with Crippen LogP contribution in [0.4, 0.5) is 20.3 Å². The zero-order chi connectivity index (χ0) is 18.0. The molecule has 2 N–H and O–H groups in total. The average molecular weight is 368 g/mol. The number of carbonyl (C=O) groups excluding carboxylic acids is 1. The zero-order valence-electron chi connectivity index (χ0n) is 12.9. The van der Waals surface area contributed by atoms with Gasteiger partial charge in [-0.05, 0) is 30.7 Å². The lowest BCUT2D eigenvalue weighted by Crippen LogP contribution is -2.36. The number of amides is 1. The van der Waals surface area contributed by atoms with Crippen molar-refractivity contribution >= 4 is 27.2 Å². The van der Waals surface area contributed by atoms with Crippen LogP contribution in [0.15, 0.2) is 30.3 Å². The van der Waals surface area contributed by atoms with Gasteiger partial charge in [-0.25, -0.2) is 17.2 Å². The number of carbonyl (C=O) groups is 1. The third kappa shape index (κ3) is 4.27. The summed E-state index contributed by atoms with van der Waals surface area (Å²) in [7, 11) is -3.09. The van der Waals surface area contributed by atoms with E-state index in [4.69, 9.17) is 0 Å². The van der Waals surface area contributed by atoms with Gasteiger partial charge in [-0.3, -0.25) is 4.79 Å². The summed E-state index contributed by atoms with van der Waals surface area (Å²) in [6.07, 6.45) is 0.366. The maximum atomic E-state index is 13.6. The number of nitrogens with zero attached hydrogens (tertiary/aromatic N) is 2. The van der Waals surface area contributed by atoms with Gasteiger partial charge in [0, 0.05) is 12.1 Å². The molecule has 132 valence electrons. The molecule has 1 aromatic carbocycles. The quantitative estimate of drug-likeness (QED) is 0.846. The molecule has 1 atom stereocenters. The summed E-state index contributed by atoms with van der Waals surface area (Å²) in [4.78, 5) is 12.0. The van der Waals surface area contributed by atoms with E-state index in [1.165, 1.54) is 18.2 Å². The Bertz CT molecular complexity index is 903. The highest BCUT2D eigenvalue weighted by atomic mass is 32.2. The van der Waals surface area contributed by atoms with Gasteiger partial charge in [0.15, 0.2) is 21.3 Å². The topological polar surface area (TPSA) is 101 Å². The predicted molar refractivity (Wildman–Crippen MR) is 86.2 cm³/mol. The zero-order valence-corrected chi connectivity index (χ0v) is 13.7. The molecule has 2 heterocycles. The molecule has 2 aromatic rings. The van der Waals surface area contributed by atoms with E-state index in [1.807, 2.05) is 0 Å². The largest absolute Gasteiger partial charge is 0.347 e. The van der Waals surface area contributed by atoms with Gasteiger partial charge >= 0.3 is 0 Å². The number of aromatic nitrogens is 2. The Labute approximate surface area is 142 Å². The molecule has 0 radical (unpaired) electrons. The van der Waals surface area contributed by atoms with Crippen molar-refractivity contribution in [3.8, 4) is 0 Å². The fourth-order valence-electron chi connectivity index (χ4n) is 2.42. The summed E-state index contributed by atoms with van der Waals surface area (Å²) in [5, 5.41) is 12.7. The molecule has 7 nitrogen and oxygen atoms in total. The summed E-state index contributed by atoms with van der Waals surface area (Å²) in [6.45, 7) is 0. The van der Waals surface area contributed by atoms with Crippen LogP contribution in [0, 0.1) is 11.6 Å². The first-order chi connectivity index (χ1) is 11.8. The number of sulfone groups is 1. The Morgan fingerprint density at radius 2 is 1.96 bits per heavy atom. The summed E-state index contributed by atoms with van der Waals surface area (Å²) in [6, 6.07) is 5.38. The second-order valence-corrected chi connectivity index (χ2v) is 7.86. The molecule has 1 aliphatic heterocycles. The third-order valence-corrected chi connectivity index (χ3v) is 5.43. The van der Waals surface area contributed by atoms with E-state index >= 15 is 0 Å². The average Bonchev–Trinajstić information content (AvgIpc) is 2.89. The van der Waals surface area contributed by atoms with Gasteiger partial charge < -0.3 is 10.6 Å². The van der Waals surface area contributed by atoms with Gasteiger partial charge in [0.25, 0.3) is 5.91 Å². The highest BCUT2D eigenvalue weighted by molar-refractivity contribution is 7.91. The standard InChI is InChI=1S/C15H14F2N4O3S/c16-9-1-2-12(11(17)7-9)19-14-4-3-13(20-21-14)15(22)18-10-5-6-25(23,24)8-10/h1-4,7,10H,5-6,8H2,(H,18,22)(H,19,21). The van der Waals surface area contributed by atoms with Crippen molar-refractivity contribution in [3.05, 3.63) is 47.7 Å². The molecule has 0 saturated carbocycles. The second kappa shape index (κ2) is 6.71. The molecule has 25 heavy (non-hydrogen) atoms. The Morgan fingerprint density at radius 3 is 2.56 bits per heavy atom. The highest BCUT2D eigenvalue weighted by Crippen LogP contribution is 2.19. The van der Waals surface area contributed by atoms with Crippen molar-refractivity contribution in [1.29, 1.82) is 0 Å². The fourth-order valence-corrected chi connectivity index (χ4v) is 4.09. The van der Waals surface area contributed by atoms with Gasteiger partial charge in [-0.15, -0.1) is 10.2 Å². The van der Waals surface area contributed by atoms with E-state index in [1.54, 1.807) is 0 Å². The molecule has 3 rings (SSSR count). The molecule has 1 amide bonds. The number of anilines is 2. The van der Waals surface area contributed by atoms with E-state index in [0.29, 0.717) is 6.42 Å². The maximum Gasteiger partial charge on any atom is 0.272 e. The van der Waals surface area contributed by atoms with Gasteiger partial charge in [-0.1, -0.05) is 0 Å². The molecule has 0 bridgehead atoms. The van der Waals surface area contributed by atoms with Crippen LogP contribution >= 0.6 is 0 Å². The summed E-state index contributed by atoms with van der Waals surface area (Å²) in [5.41, 5.74) is 0.0264. The van der Waals surface area contributed by atoms with E-state index < -0.39 is 33.4 Å². The van der Waals surface area contributed by atoms with Crippen LogP contribution in [0.3, 0.4) is 0 Å². The van der Waals surface area contributed by atoms with Crippen molar-refractivity contribution in [2.75, 3.05) is 16.8 Å². The monoisotopic (exact) mass is 368 g/mol. The minimum absolute atomic E-state index is 0.00873. The van der Waals surface area contributed by atoms with Crippen LogP contribution in [0.2, 0.25) is 0 Å². The number of benzene rings is 1. The highest BCUT2D eigenvalue weighted by Gasteiger charge is 2.29.